The Hall–Kier alpha value is -3.38. The SMILES string of the molecule is COc1cc(Nc2c(C#N)cnc3cc(-c4ccc(CNCCCN5CCOCC5)cc4)ccc23)c(Cl)cc1Cl. The smallest absolute Gasteiger partial charge is 0.139 e. The van der Waals surface area contributed by atoms with Crippen LogP contribution in [-0.2, 0) is 11.3 Å². The Balaban J connectivity index is 1.28. The first-order valence-corrected chi connectivity index (χ1v) is 14.0. The zero-order chi connectivity index (χ0) is 27.9. The van der Waals surface area contributed by atoms with E-state index in [1.54, 1.807) is 25.4 Å². The highest BCUT2D eigenvalue weighted by atomic mass is 35.5. The number of morpholine rings is 1. The van der Waals surface area contributed by atoms with Crippen LogP contribution in [0, 0.1) is 11.3 Å². The lowest BCUT2D eigenvalue weighted by Crippen LogP contribution is -2.37. The van der Waals surface area contributed by atoms with Gasteiger partial charge in [-0.05, 0) is 48.3 Å². The van der Waals surface area contributed by atoms with Crippen molar-refractivity contribution in [3.63, 3.8) is 0 Å². The number of nitrogens with one attached hydrogen (secondary N) is 2. The molecule has 0 saturated carbocycles. The molecule has 7 nitrogen and oxygen atoms in total. The number of anilines is 2. The van der Waals surface area contributed by atoms with E-state index < -0.39 is 0 Å². The molecular weight excluding hydrogens is 545 g/mol. The first-order valence-electron chi connectivity index (χ1n) is 13.3. The van der Waals surface area contributed by atoms with Crippen LogP contribution in [0.1, 0.15) is 17.5 Å². The summed E-state index contributed by atoms with van der Waals surface area (Å²) >= 11 is 12.6. The van der Waals surface area contributed by atoms with Crippen molar-refractivity contribution in [1.82, 2.24) is 15.2 Å². The number of hydrogen-bond acceptors (Lipinski definition) is 7. The van der Waals surface area contributed by atoms with E-state index in [4.69, 9.17) is 32.7 Å². The minimum atomic E-state index is 0.409. The van der Waals surface area contributed by atoms with Crippen molar-refractivity contribution >= 4 is 45.5 Å². The summed E-state index contributed by atoms with van der Waals surface area (Å²) in [5, 5.41) is 18.3. The quantitative estimate of drug-likeness (QED) is 0.205. The van der Waals surface area contributed by atoms with Gasteiger partial charge in [0.2, 0.25) is 0 Å². The van der Waals surface area contributed by atoms with Gasteiger partial charge in [0.15, 0.2) is 0 Å². The van der Waals surface area contributed by atoms with E-state index in [-0.39, 0.29) is 0 Å². The molecule has 0 amide bonds. The Morgan fingerprint density at radius 1 is 1.02 bits per heavy atom. The first-order chi connectivity index (χ1) is 19.6. The number of aromatic nitrogens is 1. The summed E-state index contributed by atoms with van der Waals surface area (Å²) in [6.07, 6.45) is 2.70. The number of halogens is 2. The third-order valence-corrected chi connectivity index (χ3v) is 7.65. The minimum Gasteiger partial charge on any atom is -0.495 e. The Morgan fingerprint density at radius 3 is 2.55 bits per heavy atom. The zero-order valence-electron chi connectivity index (χ0n) is 22.3. The second-order valence-corrected chi connectivity index (χ2v) is 10.5. The molecule has 0 aliphatic carbocycles. The van der Waals surface area contributed by atoms with Crippen LogP contribution in [0.2, 0.25) is 10.0 Å². The number of nitriles is 1. The fraction of sp³-hybridized carbons (Fsp3) is 0.290. The molecule has 2 heterocycles. The van der Waals surface area contributed by atoms with Gasteiger partial charge in [0, 0.05) is 37.3 Å². The van der Waals surface area contributed by atoms with Crippen LogP contribution < -0.4 is 15.4 Å². The Morgan fingerprint density at radius 2 is 1.80 bits per heavy atom. The van der Waals surface area contributed by atoms with Crippen LogP contribution in [0.25, 0.3) is 22.0 Å². The molecule has 1 aliphatic heterocycles. The van der Waals surface area contributed by atoms with Gasteiger partial charge in [-0.3, -0.25) is 9.88 Å². The minimum absolute atomic E-state index is 0.409. The van der Waals surface area contributed by atoms with Gasteiger partial charge < -0.3 is 20.1 Å². The summed E-state index contributed by atoms with van der Waals surface area (Å²) in [6.45, 7) is 6.71. The van der Waals surface area contributed by atoms with E-state index in [0.717, 1.165) is 74.4 Å². The second kappa shape index (κ2) is 13.3. The number of methoxy groups -OCH3 is 1. The summed E-state index contributed by atoms with van der Waals surface area (Å²) in [5.74, 6) is 0.486. The molecule has 0 atom stereocenters. The molecule has 0 bridgehead atoms. The van der Waals surface area contributed by atoms with Gasteiger partial charge in [-0.15, -0.1) is 0 Å². The summed E-state index contributed by atoms with van der Waals surface area (Å²) in [4.78, 5) is 7.02. The van der Waals surface area contributed by atoms with Crippen molar-refractivity contribution in [3.8, 4) is 22.9 Å². The monoisotopic (exact) mass is 575 g/mol. The molecule has 0 radical (unpaired) electrons. The number of nitrogens with zero attached hydrogens (tertiary/aromatic N) is 3. The van der Waals surface area contributed by atoms with Crippen LogP contribution >= 0.6 is 23.2 Å². The fourth-order valence-electron chi connectivity index (χ4n) is 4.81. The van der Waals surface area contributed by atoms with Crippen LogP contribution in [-0.4, -0.2) is 56.4 Å². The van der Waals surface area contributed by atoms with Gasteiger partial charge in [0.05, 0.1) is 52.8 Å². The normalized spacial score (nSPS) is 13.8. The average molecular weight is 577 g/mol. The lowest BCUT2D eigenvalue weighted by Gasteiger charge is -2.26. The molecule has 1 saturated heterocycles. The molecule has 1 aromatic heterocycles. The summed E-state index contributed by atoms with van der Waals surface area (Å²) in [6, 6.07) is 20.2. The standard InChI is InChI=1S/C31H31Cl2N5O2/c1-39-30-17-29(26(32)16-27(30)33)37-31-24(18-34)20-36-28-15-23(7-8-25(28)31)22-5-3-21(4-6-22)19-35-9-2-10-38-11-13-40-14-12-38/h3-8,15-17,20,35H,2,9-14,19H2,1H3,(H,36,37). The highest BCUT2D eigenvalue weighted by Gasteiger charge is 2.14. The van der Waals surface area contributed by atoms with E-state index in [1.165, 1.54) is 5.56 Å². The Bertz CT molecular complexity index is 1520. The topological polar surface area (TPSA) is 82.4 Å². The molecule has 0 unspecified atom stereocenters. The molecule has 4 aromatic rings. The number of pyridine rings is 1. The van der Waals surface area contributed by atoms with Gasteiger partial charge >= 0.3 is 0 Å². The van der Waals surface area contributed by atoms with Crippen molar-refractivity contribution in [2.45, 2.75) is 13.0 Å². The highest BCUT2D eigenvalue weighted by molar-refractivity contribution is 6.37. The average Bonchev–Trinajstić information content (AvgIpc) is 2.99. The number of fused-ring (bicyclic) bond motifs is 1. The van der Waals surface area contributed by atoms with Crippen molar-refractivity contribution in [3.05, 3.63) is 82.0 Å². The van der Waals surface area contributed by atoms with E-state index in [9.17, 15) is 5.26 Å². The maximum absolute atomic E-state index is 9.76. The molecule has 1 fully saturated rings. The number of ether oxygens (including phenoxy) is 2. The lowest BCUT2D eigenvalue weighted by molar-refractivity contribution is 0.0374. The van der Waals surface area contributed by atoms with E-state index in [1.807, 2.05) is 18.2 Å². The van der Waals surface area contributed by atoms with Gasteiger partial charge in [-0.2, -0.15) is 5.26 Å². The van der Waals surface area contributed by atoms with Gasteiger partial charge in [0.1, 0.15) is 11.8 Å². The molecule has 2 N–H and O–H groups in total. The van der Waals surface area contributed by atoms with Crippen LogP contribution in [0.3, 0.4) is 0 Å². The molecule has 3 aromatic carbocycles. The van der Waals surface area contributed by atoms with Crippen molar-refractivity contribution in [1.29, 1.82) is 5.26 Å². The van der Waals surface area contributed by atoms with Gasteiger partial charge in [-0.1, -0.05) is 59.6 Å². The molecular formula is C31H31Cl2N5O2. The van der Waals surface area contributed by atoms with Crippen molar-refractivity contribution < 1.29 is 9.47 Å². The van der Waals surface area contributed by atoms with Crippen molar-refractivity contribution in [2.24, 2.45) is 0 Å². The fourth-order valence-corrected chi connectivity index (χ4v) is 5.32. The van der Waals surface area contributed by atoms with Crippen LogP contribution in [0.4, 0.5) is 11.4 Å². The number of hydrogen-bond donors (Lipinski definition) is 2. The second-order valence-electron chi connectivity index (χ2n) is 9.66. The highest BCUT2D eigenvalue weighted by Crippen LogP contribution is 2.38. The zero-order valence-corrected chi connectivity index (χ0v) is 23.9. The van der Waals surface area contributed by atoms with E-state index in [0.29, 0.717) is 32.7 Å². The lowest BCUT2D eigenvalue weighted by atomic mass is 10.0. The maximum Gasteiger partial charge on any atom is 0.139 e. The predicted molar refractivity (Wildman–Crippen MR) is 162 cm³/mol. The van der Waals surface area contributed by atoms with E-state index in [2.05, 4.69) is 50.9 Å². The molecule has 0 spiro atoms. The molecule has 206 valence electrons. The molecule has 40 heavy (non-hydrogen) atoms. The summed E-state index contributed by atoms with van der Waals surface area (Å²) in [5.41, 5.74) is 5.78. The first kappa shape index (κ1) is 28.2. The van der Waals surface area contributed by atoms with E-state index >= 15 is 0 Å². The molecule has 5 rings (SSSR count). The predicted octanol–water partition coefficient (Wildman–Crippen LogP) is 6.64. The Kier molecular flexibility index (Phi) is 9.38. The molecule has 1 aliphatic rings. The largest absolute Gasteiger partial charge is 0.495 e. The summed E-state index contributed by atoms with van der Waals surface area (Å²) in [7, 11) is 1.54. The van der Waals surface area contributed by atoms with Gasteiger partial charge in [0.25, 0.3) is 0 Å². The third-order valence-electron chi connectivity index (χ3n) is 7.04. The maximum atomic E-state index is 9.76. The summed E-state index contributed by atoms with van der Waals surface area (Å²) < 4.78 is 10.7. The third kappa shape index (κ3) is 6.67. The molecule has 9 heteroatoms. The Labute approximate surface area is 244 Å². The van der Waals surface area contributed by atoms with Crippen molar-refractivity contribution in [2.75, 3.05) is 51.8 Å². The van der Waals surface area contributed by atoms with Crippen LogP contribution in [0.15, 0.2) is 60.8 Å². The number of benzene rings is 3. The van der Waals surface area contributed by atoms with Gasteiger partial charge in [-0.25, -0.2) is 0 Å². The van der Waals surface area contributed by atoms with Crippen LogP contribution in [0.5, 0.6) is 5.75 Å². The number of rotatable bonds is 10.